The Morgan fingerprint density at radius 3 is 2.50 bits per heavy atom. The number of sulfonamides is 1. The minimum absolute atomic E-state index is 0.154. The van der Waals surface area contributed by atoms with Gasteiger partial charge in [-0.1, -0.05) is 12.1 Å². The highest BCUT2D eigenvalue weighted by atomic mass is 32.2. The normalized spacial score (nSPS) is 10.8. The number of methoxy groups -OCH3 is 1. The van der Waals surface area contributed by atoms with Gasteiger partial charge < -0.3 is 14.8 Å². The lowest BCUT2D eigenvalue weighted by Gasteiger charge is -2.13. The zero-order valence-corrected chi connectivity index (χ0v) is 16.4. The van der Waals surface area contributed by atoms with Crippen molar-refractivity contribution >= 4 is 27.5 Å². The molecule has 0 aliphatic carbocycles. The molecule has 3 N–H and O–H groups in total. The van der Waals surface area contributed by atoms with Crippen molar-refractivity contribution in [1.29, 1.82) is 0 Å². The minimum Gasteiger partial charge on any atom is -0.495 e. The number of benzene rings is 2. The average Bonchev–Trinajstić information content (AvgIpc) is 2.64. The Kier molecular flexibility index (Phi) is 6.96. The molecule has 0 spiro atoms. The first-order valence-corrected chi connectivity index (χ1v) is 9.65. The van der Waals surface area contributed by atoms with E-state index in [4.69, 9.17) is 9.47 Å². The Morgan fingerprint density at radius 1 is 1.11 bits per heavy atom. The molecule has 150 valence electrons. The smallest absolute Gasteiger partial charge is 0.272 e. The van der Waals surface area contributed by atoms with Crippen molar-refractivity contribution in [2.45, 2.75) is 18.7 Å². The van der Waals surface area contributed by atoms with Crippen LogP contribution >= 0.6 is 0 Å². The zero-order valence-electron chi connectivity index (χ0n) is 15.6. The lowest BCUT2D eigenvalue weighted by atomic mass is 10.2. The van der Waals surface area contributed by atoms with Crippen molar-refractivity contribution in [3.63, 3.8) is 0 Å². The third kappa shape index (κ3) is 5.96. The van der Waals surface area contributed by atoms with E-state index >= 15 is 0 Å². The number of ether oxygens (including phenoxy) is 2. The van der Waals surface area contributed by atoms with Crippen LogP contribution in [0.25, 0.3) is 0 Å². The molecule has 0 saturated heterocycles. The van der Waals surface area contributed by atoms with E-state index in [9.17, 15) is 18.0 Å². The van der Waals surface area contributed by atoms with Crippen LogP contribution in [-0.4, -0.2) is 33.9 Å². The molecule has 0 radical (unpaired) electrons. The first kappa shape index (κ1) is 21.2. The van der Waals surface area contributed by atoms with Gasteiger partial charge in [0.15, 0.2) is 6.61 Å². The van der Waals surface area contributed by atoms with Crippen molar-refractivity contribution in [3.05, 3.63) is 48.0 Å². The molecular weight excluding hydrogens is 386 g/mol. The van der Waals surface area contributed by atoms with Crippen LogP contribution in [0, 0.1) is 6.92 Å². The highest BCUT2D eigenvalue weighted by Gasteiger charge is 2.18. The topological polar surface area (TPSA) is 123 Å². The van der Waals surface area contributed by atoms with E-state index in [-0.39, 0.29) is 23.2 Å². The van der Waals surface area contributed by atoms with Gasteiger partial charge in [-0.05, 0) is 36.8 Å². The number of carbonyl (C=O) groups excluding carboxylic acids is 2. The van der Waals surface area contributed by atoms with Crippen LogP contribution < -0.4 is 25.0 Å². The summed E-state index contributed by atoms with van der Waals surface area (Å²) in [5.41, 5.74) is 3.37. The molecule has 2 aromatic rings. The van der Waals surface area contributed by atoms with Crippen LogP contribution in [0.4, 0.5) is 5.69 Å². The predicted octanol–water partition coefficient (Wildman–Crippen LogP) is 1.35. The molecule has 0 aliphatic heterocycles. The monoisotopic (exact) mass is 407 g/mol. The number of aryl methyl sites for hydroxylation is 1. The number of carbonyl (C=O) groups is 2. The highest BCUT2D eigenvalue weighted by Crippen LogP contribution is 2.27. The predicted molar refractivity (Wildman–Crippen MR) is 102 cm³/mol. The van der Waals surface area contributed by atoms with Crippen molar-refractivity contribution in [2.24, 2.45) is 0 Å². The van der Waals surface area contributed by atoms with Gasteiger partial charge in [0, 0.05) is 13.0 Å². The van der Waals surface area contributed by atoms with Gasteiger partial charge in [0.25, 0.3) is 15.9 Å². The first-order chi connectivity index (χ1) is 13.2. The molecule has 0 atom stereocenters. The lowest BCUT2D eigenvalue weighted by Crippen LogP contribution is -2.43. The Hall–Kier alpha value is -3.11. The fourth-order valence-electron chi connectivity index (χ4n) is 2.20. The third-order valence-corrected chi connectivity index (χ3v) is 4.72. The molecule has 0 aromatic heterocycles. The largest absolute Gasteiger partial charge is 0.495 e. The summed E-state index contributed by atoms with van der Waals surface area (Å²) in [6.07, 6.45) is 0. The summed E-state index contributed by atoms with van der Waals surface area (Å²) in [4.78, 5) is 24.8. The molecule has 0 heterocycles. The molecule has 9 nitrogen and oxygen atoms in total. The second kappa shape index (κ2) is 9.20. The van der Waals surface area contributed by atoms with Crippen molar-refractivity contribution in [2.75, 3.05) is 19.0 Å². The van der Waals surface area contributed by atoms with E-state index in [0.29, 0.717) is 11.4 Å². The quantitative estimate of drug-likeness (QED) is 0.568. The number of hydrogen-bond donors (Lipinski definition) is 3. The molecule has 2 amide bonds. The summed E-state index contributed by atoms with van der Waals surface area (Å²) in [5, 5.41) is 2.52. The summed E-state index contributed by atoms with van der Waals surface area (Å²) in [7, 11) is -2.71. The van der Waals surface area contributed by atoms with Crippen LogP contribution in [0.3, 0.4) is 0 Å². The van der Waals surface area contributed by atoms with Crippen LogP contribution in [0.2, 0.25) is 0 Å². The molecule has 2 aromatic carbocycles. The summed E-state index contributed by atoms with van der Waals surface area (Å²) in [6, 6.07) is 11.0. The summed E-state index contributed by atoms with van der Waals surface area (Å²) < 4.78 is 35.1. The minimum atomic E-state index is -4.05. The van der Waals surface area contributed by atoms with Crippen LogP contribution in [0.1, 0.15) is 12.5 Å². The molecule has 0 saturated carbocycles. The summed E-state index contributed by atoms with van der Waals surface area (Å²) in [6.45, 7) is 2.84. The number of amides is 2. The molecule has 0 unspecified atom stereocenters. The fourth-order valence-corrected chi connectivity index (χ4v) is 3.08. The highest BCUT2D eigenvalue weighted by molar-refractivity contribution is 7.89. The summed E-state index contributed by atoms with van der Waals surface area (Å²) in [5.74, 6) is -0.344. The Bertz CT molecular complexity index is 975. The van der Waals surface area contributed by atoms with Crippen LogP contribution in [-0.2, 0) is 19.6 Å². The molecule has 28 heavy (non-hydrogen) atoms. The maximum absolute atomic E-state index is 12.3. The zero-order chi connectivity index (χ0) is 20.7. The third-order valence-electron chi connectivity index (χ3n) is 3.48. The molecule has 0 bridgehead atoms. The van der Waals surface area contributed by atoms with Crippen LogP contribution in [0.15, 0.2) is 47.4 Å². The Morgan fingerprint density at radius 2 is 1.86 bits per heavy atom. The maximum Gasteiger partial charge on any atom is 0.272 e. The molecular formula is C18H21N3O6S. The SMILES string of the molecule is COc1cc(S(=O)(=O)NNC(=O)COc2cccc(C)c2)ccc1NC(C)=O. The van der Waals surface area contributed by atoms with E-state index < -0.39 is 15.9 Å². The first-order valence-electron chi connectivity index (χ1n) is 8.17. The Balaban J connectivity index is 1.99. The average molecular weight is 407 g/mol. The number of hydrogen-bond acceptors (Lipinski definition) is 6. The second-order valence-electron chi connectivity index (χ2n) is 5.80. The van der Waals surface area contributed by atoms with Gasteiger partial charge in [0.05, 0.1) is 17.7 Å². The van der Waals surface area contributed by atoms with E-state index in [1.165, 1.54) is 32.2 Å². The molecule has 2 rings (SSSR count). The number of rotatable bonds is 8. The number of nitrogens with one attached hydrogen (secondary N) is 3. The van der Waals surface area contributed by atoms with Gasteiger partial charge in [-0.15, -0.1) is 4.83 Å². The second-order valence-corrected chi connectivity index (χ2v) is 7.48. The molecule has 0 fully saturated rings. The van der Waals surface area contributed by atoms with E-state index in [1.54, 1.807) is 18.2 Å². The van der Waals surface area contributed by atoms with Gasteiger partial charge >= 0.3 is 0 Å². The molecule has 10 heteroatoms. The molecule has 0 aliphatic rings. The summed E-state index contributed by atoms with van der Waals surface area (Å²) >= 11 is 0. The van der Waals surface area contributed by atoms with Gasteiger partial charge in [0.2, 0.25) is 5.91 Å². The van der Waals surface area contributed by atoms with E-state index in [2.05, 4.69) is 10.7 Å². The van der Waals surface area contributed by atoms with Gasteiger partial charge in [0.1, 0.15) is 11.5 Å². The fraction of sp³-hybridized carbons (Fsp3) is 0.222. The van der Waals surface area contributed by atoms with Crippen molar-refractivity contribution in [3.8, 4) is 11.5 Å². The standard InChI is InChI=1S/C18H21N3O6S/c1-12-5-4-6-14(9-12)27-11-18(23)20-21-28(24,25)15-7-8-16(19-13(2)22)17(10-15)26-3/h4-10,21H,11H2,1-3H3,(H,19,22)(H,20,23). The number of hydrazine groups is 1. The van der Waals surface area contributed by atoms with Crippen molar-refractivity contribution < 1.29 is 27.5 Å². The maximum atomic E-state index is 12.3. The van der Waals surface area contributed by atoms with Gasteiger partial charge in [-0.3, -0.25) is 15.0 Å². The lowest BCUT2D eigenvalue weighted by molar-refractivity contribution is -0.123. The Labute approximate surface area is 163 Å². The van der Waals surface area contributed by atoms with E-state index in [1.807, 2.05) is 17.8 Å². The van der Waals surface area contributed by atoms with Crippen LogP contribution in [0.5, 0.6) is 11.5 Å². The van der Waals surface area contributed by atoms with Crippen molar-refractivity contribution in [1.82, 2.24) is 10.3 Å². The van der Waals surface area contributed by atoms with E-state index in [0.717, 1.165) is 5.56 Å². The van der Waals surface area contributed by atoms with Gasteiger partial charge in [-0.25, -0.2) is 8.42 Å². The van der Waals surface area contributed by atoms with Gasteiger partial charge in [-0.2, -0.15) is 0 Å². The number of anilines is 1.